The van der Waals surface area contributed by atoms with E-state index in [2.05, 4.69) is 76.7 Å². The molecule has 0 atom stereocenters. The number of benzene rings is 8. The zero-order valence-corrected chi connectivity index (χ0v) is 32.0. The molecule has 0 aliphatic heterocycles. The van der Waals surface area contributed by atoms with Gasteiger partial charge in [0.05, 0.1) is 31.9 Å². The molecule has 8 aromatic carbocycles. The van der Waals surface area contributed by atoms with Crippen molar-refractivity contribution in [2.24, 2.45) is 0 Å². The van der Waals surface area contributed by atoms with Gasteiger partial charge in [0.25, 0.3) is 0 Å². The number of fused-ring (bicyclic) bond motifs is 10. The fraction of sp³-hybridized carbons (Fsp3) is 0.0192. The summed E-state index contributed by atoms with van der Waals surface area (Å²) < 4.78 is 33.6. The van der Waals surface area contributed by atoms with E-state index in [1.165, 1.54) is 0 Å². The van der Waals surface area contributed by atoms with Gasteiger partial charge >= 0.3 is 0 Å². The van der Waals surface area contributed by atoms with Crippen LogP contribution in [0.5, 0.6) is 0 Å². The first kappa shape index (κ1) is 29.8. The van der Waals surface area contributed by atoms with Gasteiger partial charge in [0.15, 0.2) is 17.5 Å². The molecule has 0 spiro atoms. The number of aromatic nitrogens is 5. The van der Waals surface area contributed by atoms with Gasteiger partial charge in [-0.05, 0) is 61.0 Å². The van der Waals surface area contributed by atoms with E-state index in [1.807, 2.05) is 97.1 Å². The van der Waals surface area contributed by atoms with Gasteiger partial charge in [-0.2, -0.15) is 0 Å². The van der Waals surface area contributed by atoms with Crippen molar-refractivity contribution in [1.29, 1.82) is 0 Å². The van der Waals surface area contributed by atoms with Crippen LogP contribution in [0.2, 0.25) is 0 Å². The van der Waals surface area contributed by atoms with Crippen LogP contribution in [0.3, 0.4) is 0 Å². The summed E-state index contributed by atoms with van der Waals surface area (Å²) in [6.45, 7) is 2.09. The van der Waals surface area contributed by atoms with E-state index >= 15 is 0 Å². The molecule has 58 heavy (non-hydrogen) atoms. The largest absolute Gasteiger partial charge is 0.309 e. The Morgan fingerprint density at radius 1 is 0.466 bits per heavy atom. The SMILES string of the molecule is [2H]c1cc([2H])c2c(c1)c1c3c4cc([2H])cc(C)c4n(-c4cccc5sc6cc(-c7nc(-c8ccccc8)nc(-c8ccccc8)n7)ccc6c45)c3ccc1n2-c1ccccc1. The van der Waals surface area contributed by atoms with Gasteiger partial charge in [-0.15, -0.1) is 11.3 Å². The number of thiophene rings is 1. The number of hydrogen-bond acceptors (Lipinski definition) is 4. The summed E-state index contributed by atoms with van der Waals surface area (Å²) in [5.74, 6) is 1.86. The summed E-state index contributed by atoms with van der Waals surface area (Å²) in [5.41, 5.74) is 9.51. The van der Waals surface area contributed by atoms with Crippen molar-refractivity contribution in [2.75, 3.05) is 0 Å². The fourth-order valence-corrected chi connectivity index (χ4v) is 9.91. The van der Waals surface area contributed by atoms with E-state index in [0.717, 1.165) is 97.4 Å². The number of aryl methyl sites for hydroxylation is 1. The Labute approximate surface area is 342 Å². The van der Waals surface area contributed by atoms with Crippen LogP contribution in [0, 0.1) is 6.92 Å². The molecule has 12 aromatic rings. The molecule has 12 rings (SSSR count). The van der Waals surface area contributed by atoms with Gasteiger partial charge in [-0.3, -0.25) is 0 Å². The average Bonchev–Trinajstić information content (AvgIpc) is 3.95. The summed E-state index contributed by atoms with van der Waals surface area (Å²) in [6, 6.07) is 56.0. The van der Waals surface area contributed by atoms with E-state index in [4.69, 9.17) is 19.1 Å². The molecule has 5 nitrogen and oxygen atoms in total. The van der Waals surface area contributed by atoms with E-state index in [-0.39, 0.29) is 0 Å². The van der Waals surface area contributed by atoms with Gasteiger partial charge in [-0.25, -0.2) is 15.0 Å². The molecule has 0 saturated heterocycles. The molecule has 0 aliphatic rings. The first-order valence-electron chi connectivity index (χ1n) is 20.8. The Hall–Kier alpha value is -7.41. The van der Waals surface area contributed by atoms with E-state index in [0.29, 0.717) is 35.6 Å². The van der Waals surface area contributed by atoms with E-state index < -0.39 is 0 Å². The third kappa shape index (κ3) is 4.92. The molecule has 0 amide bonds. The van der Waals surface area contributed by atoms with Crippen LogP contribution in [-0.2, 0) is 0 Å². The number of hydrogen-bond donors (Lipinski definition) is 0. The van der Waals surface area contributed by atoms with Crippen molar-refractivity contribution in [1.82, 2.24) is 24.1 Å². The minimum absolute atomic E-state index is 0.293. The Bertz CT molecular complexity index is 3690. The van der Waals surface area contributed by atoms with Crippen LogP contribution in [-0.4, -0.2) is 24.1 Å². The van der Waals surface area contributed by atoms with Gasteiger partial charge in [0, 0.05) is 64.1 Å². The highest BCUT2D eigenvalue weighted by Gasteiger charge is 2.23. The average molecular weight is 763 g/mol. The highest BCUT2D eigenvalue weighted by atomic mass is 32.1. The molecule has 0 fully saturated rings. The maximum absolute atomic E-state index is 9.14. The Kier molecular flexibility index (Phi) is 6.59. The van der Waals surface area contributed by atoms with Gasteiger partial charge in [0.1, 0.15) is 0 Å². The predicted molar refractivity (Wildman–Crippen MR) is 242 cm³/mol. The van der Waals surface area contributed by atoms with Crippen LogP contribution >= 0.6 is 11.3 Å². The molecule has 4 aromatic heterocycles. The molecule has 6 heteroatoms. The fourth-order valence-electron chi connectivity index (χ4n) is 8.75. The third-order valence-electron chi connectivity index (χ3n) is 11.2. The quantitative estimate of drug-likeness (QED) is 0.175. The molecule has 4 heterocycles. The van der Waals surface area contributed by atoms with Gasteiger partial charge < -0.3 is 9.13 Å². The summed E-state index contributed by atoms with van der Waals surface area (Å²) in [4.78, 5) is 14.9. The molecule has 272 valence electrons. The van der Waals surface area contributed by atoms with Crippen molar-refractivity contribution < 1.29 is 4.11 Å². The molecule has 0 aliphatic carbocycles. The highest BCUT2D eigenvalue weighted by Crippen LogP contribution is 2.46. The first-order chi connectivity index (χ1) is 29.9. The number of nitrogens with zero attached hydrogens (tertiary/aromatic N) is 5. The second kappa shape index (κ2) is 12.8. The van der Waals surface area contributed by atoms with Crippen LogP contribution in [0.1, 0.15) is 9.68 Å². The smallest absolute Gasteiger partial charge is 0.164 e. The summed E-state index contributed by atoms with van der Waals surface area (Å²) in [6.07, 6.45) is 0. The summed E-state index contributed by atoms with van der Waals surface area (Å²) >= 11 is 1.75. The number of rotatable bonds is 5. The molecule has 0 N–H and O–H groups in total. The standard InChI is InChI=1S/C52H33N5S/c1-32-15-13-23-39-48-43(30-29-42-47(48)37-22-11-12-24-40(37)56(42)36-20-9-4-10-21-36)57(49(32)39)41-25-14-26-44-46(41)38-28-27-35(31-45(38)58-44)52-54-50(33-16-5-2-6-17-33)53-51(55-52)34-18-7-3-8-19-34/h2-31H,1H3/i11D,13D,24D. The second-order valence-corrected chi connectivity index (χ2v) is 15.7. The lowest BCUT2D eigenvalue weighted by Crippen LogP contribution is -2.00. The van der Waals surface area contributed by atoms with Crippen molar-refractivity contribution in [2.45, 2.75) is 6.92 Å². The molecule has 0 saturated carbocycles. The minimum atomic E-state index is 0.293. The monoisotopic (exact) mass is 762 g/mol. The van der Waals surface area contributed by atoms with Gasteiger partial charge in [0.2, 0.25) is 0 Å². The maximum atomic E-state index is 9.14. The zero-order valence-electron chi connectivity index (χ0n) is 34.2. The van der Waals surface area contributed by atoms with E-state index in [1.54, 1.807) is 17.4 Å². The number of para-hydroxylation sites is 3. The van der Waals surface area contributed by atoms with Crippen molar-refractivity contribution >= 4 is 75.1 Å². The van der Waals surface area contributed by atoms with Crippen molar-refractivity contribution in [3.05, 3.63) is 187 Å². The van der Waals surface area contributed by atoms with Crippen LogP contribution in [0.4, 0.5) is 0 Å². The summed E-state index contributed by atoms with van der Waals surface area (Å²) in [7, 11) is 0. The first-order valence-corrected chi connectivity index (χ1v) is 20.1. The Morgan fingerprint density at radius 2 is 1.10 bits per heavy atom. The highest BCUT2D eigenvalue weighted by molar-refractivity contribution is 7.26. The van der Waals surface area contributed by atoms with E-state index in [9.17, 15) is 0 Å². The lowest BCUT2D eigenvalue weighted by atomic mass is 10.0. The van der Waals surface area contributed by atoms with Crippen LogP contribution in [0.25, 0.3) is 109 Å². The lowest BCUT2D eigenvalue weighted by molar-refractivity contribution is 1.07. The maximum Gasteiger partial charge on any atom is 0.164 e. The van der Waals surface area contributed by atoms with Crippen LogP contribution in [0.15, 0.2) is 182 Å². The third-order valence-corrected chi connectivity index (χ3v) is 12.4. The molecular weight excluding hydrogens is 727 g/mol. The van der Waals surface area contributed by atoms with Gasteiger partial charge in [-0.1, -0.05) is 133 Å². The van der Waals surface area contributed by atoms with Crippen molar-refractivity contribution in [3.8, 4) is 45.5 Å². The zero-order chi connectivity index (χ0) is 40.9. The van der Waals surface area contributed by atoms with Crippen LogP contribution < -0.4 is 0 Å². The Morgan fingerprint density at radius 3 is 1.83 bits per heavy atom. The minimum Gasteiger partial charge on any atom is -0.309 e. The van der Waals surface area contributed by atoms with Crippen molar-refractivity contribution in [3.63, 3.8) is 0 Å². The topological polar surface area (TPSA) is 48.5 Å². The molecule has 0 unspecified atom stereocenters. The predicted octanol–water partition coefficient (Wildman–Crippen LogP) is 13.7. The molecule has 0 bridgehead atoms. The normalized spacial score (nSPS) is 12.6. The second-order valence-electron chi connectivity index (χ2n) is 14.6. The molecular formula is C52H33N5S. The Balaban J connectivity index is 1.12. The summed E-state index contributed by atoms with van der Waals surface area (Å²) in [5, 5.41) is 6.07. The lowest BCUT2D eigenvalue weighted by Gasteiger charge is -2.12. The molecule has 0 radical (unpaired) electrons.